The Hall–Kier alpha value is -1.37. The lowest BCUT2D eigenvalue weighted by Crippen LogP contribution is -2.34. The number of anilines is 1. The van der Waals surface area contributed by atoms with Crippen LogP contribution >= 0.6 is 23.8 Å². The molecule has 2 rings (SSSR count). The van der Waals surface area contributed by atoms with Crippen molar-refractivity contribution in [2.24, 2.45) is 0 Å². The summed E-state index contributed by atoms with van der Waals surface area (Å²) in [6.45, 7) is 3.53. The predicted molar refractivity (Wildman–Crippen MR) is 90.6 cm³/mol. The highest BCUT2D eigenvalue weighted by molar-refractivity contribution is 7.80. The number of nitrogens with one attached hydrogen (secondary N) is 2. The van der Waals surface area contributed by atoms with E-state index in [2.05, 4.69) is 10.6 Å². The van der Waals surface area contributed by atoms with Gasteiger partial charge in [-0.1, -0.05) is 11.6 Å². The van der Waals surface area contributed by atoms with Gasteiger partial charge in [0.25, 0.3) is 0 Å². The third kappa shape index (κ3) is 4.83. The maximum Gasteiger partial charge on any atom is 0.339 e. The van der Waals surface area contributed by atoms with Crippen LogP contribution in [0, 0.1) is 0 Å². The van der Waals surface area contributed by atoms with Crippen LogP contribution in [0.25, 0.3) is 0 Å². The molecule has 0 radical (unpaired) electrons. The van der Waals surface area contributed by atoms with Crippen molar-refractivity contribution in [1.82, 2.24) is 5.32 Å². The fourth-order valence-corrected chi connectivity index (χ4v) is 2.55. The number of thiocarbonyl (C=S) groups is 1. The highest BCUT2D eigenvalue weighted by Crippen LogP contribution is 2.21. The average molecular weight is 343 g/mol. The van der Waals surface area contributed by atoms with Crippen LogP contribution in [0.5, 0.6) is 0 Å². The summed E-state index contributed by atoms with van der Waals surface area (Å²) in [5, 5.41) is 6.97. The van der Waals surface area contributed by atoms with Gasteiger partial charge >= 0.3 is 5.97 Å². The Balaban J connectivity index is 1.92. The van der Waals surface area contributed by atoms with Crippen LogP contribution in [0.4, 0.5) is 5.69 Å². The molecule has 0 unspecified atom stereocenters. The van der Waals surface area contributed by atoms with Crippen LogP contribution < -0.4 is 10.6 Å². The van der Waals surface area contributed by atoms with E-state index in [1.165, 1.54) is 0 Å². The van der Waals surface area contributed by atoms with Crippen LogP contribution in [0.3, 0.4) is 0 Å². The van der Waals surface area contributed by atoms with Gasteiger partial charge in [0.15, 0.2) is 5.11 Å². The van der Waals surface area contributed by atoms with Gasteiger partial charge in [-0.25, -0.2) is 4.79 Å². The highest BCUT2D eigenvalue weighted by atomic mass is 35.5. The Morgan fingerprint density at radius 3 is 3.05 bits per heavy atom. The molecule has 0 saturated carbocycles. The molecular formula is C15H19ClN2O3S. The van der Waals surface area contributed by atoms with Gasteiger partial charge in [0.1, 0.15) is 0 Å². The van der Waals surface area contributed by atoms with Gasteiger partial charge in [0.05, 0.1) is 23.3 Å². The zero-order chi connectivity index (χ0) is 15.9. The maximum absolute atomic E-state index is 11.8. The number of hydrogen-bond acceptors (Lipinski definition) is 4. The molecule has 1 heterocycles. The number of carbonyl (C=O) groups is 1. The minimum Gasteiger partial charge on any atom is -0.462 e. The molecule has 7 heteroatoms. The van der Waals surface area contributed by atoms with Crippen molar-refractivity contribution < 1.29 is 14.3 Å². The number of esters is 1. The van der Waals surface area contributed by atoms with Crippen molar-refractivity contribution in [3.05, 3.63) is 28.8 Å². The molecule has 1 aromatic rings. The summed E-state index contributed by atoms with van der Waals surface area (Å²) < 4.78 is 10.5. The molecule has 1 atom stereocenters. The molecule has 0 spiro atoms. The highest BCUT2D eigenvalue weighted by Gasteiger charge is 2.16. The first-order valence-corrected chi connectivity index (χ1v) is 8.02. The summed E-state index contributed by atoms with van der Waals surface area (Å²) in [4.78, 5) is 11.8. The quantitative estimate of drug-likeness (QED) is 0.633. The summed E-state index contributed by atoms with van der Waals surface area (Å²) >= 11 is 11.3. The van der Waals surface area contributed by atoms with Gasteiger partial charge in [0.2, 0.25) is 0 Å². The average Bonchev–Trinajstić information content (AvgIpc) is 3.01. The third-order valence-corrected chi connectivity index (χ3v) is 3.81. The van der Waals surface area contributed by atoms with E-state index in [9.17, 15) is 4.79 Å². The predicted octanol–water partition coefficient (Wildman–Crippen LogP) is 2.98. The molecule has 0 aromatic heterocycles. The van der Waals surface area contributed by atoms with Crippen LogP contribution in [-0.4, -0.2) is 36.9 Å². The molecule has 1 aromatic carbocycles. The van der Waals surface area contributed by atoms with Crippen LogP contribution in [0.15, 0.2) is 18.2 Å². The summed E-state index contributed by atoms with van der Waals surface area (Å²) in [5.74, 6) is -0.450. The number of ether oxygens (including phenoxy) is 2. The van der Waals surface area contributed by atoms with Crippen molar-refractivity contribution in [2.75, 3.05) is 25.1 Å². The van der Waals surface area contributed by atoms with E-state index in [0.717, 1.165) is 19.4 Å². The second-order valence-electron chi connectivity index (χ2n) is 4.89. The minimum atomic E-state index is -0.450. The molecule has 120 valence electrons. The van der Waals surface area contributed by atoms with Crippen molar-refractivity contribution in [3.63, 3.8) is 0 Å². The standard InChI is InChI=1S/C15H19ClN2O3S/c1-2-20-14(19)12-8-10(5-6-13(12)16)18-15(22)17-9-11-4-3-7-21-11/h5-6,8,11H,2-4,7,9H2,1H3,(H2,17,18,22)/t11-/m1/s1. The van der Waals surface area contributed by atoms with Crippen molar-refractivity contribution in [3.8, 4) is 0 Å². The molecule has 1 saturated heterocycles. The van der Waals surface area contributed by atoms with Crippen LogP contribution in [-0.2, 0) is 9.47 Å². The lowest BCUT2D eigenvalue weighted by atomic mass is 10.2. The summed E-state index contributed by atoms with van der Waals surface area (Å²) in [7, 11) is 0. The number of hydrogen-bond donors (Lipinski definition) is 2. The molecule has 0 amide bonds. The first kappa shape index (κ1) is 17.0. The van der Waals surface area contributed by atoms with E-state index in [1.807, 2.05) is 0 Å². The summed E-state index contributed by atoms with van der Waals surface area (Å²) in [6.07, 6.45) is 2.34. The summed E-state index contributed by atoms with van der Waals surface area (Å²) in [6, 6.07) is 5.02. The van der Waals surface area contributed by atoms with Gasteiger partial charge in [-0.3, -0.25) is 0 Å². The first-order valence-electron chi connectivity index (χ1n) is 7.23. The minimum absolute atomic E-state index is 0.208. The zero-order valence-electron chi connectivity index (χ0n) is 12.4. The van der Waals surface area contributed by atoms with E-state index >= 15 is 0 Å². The van der Waals surface area contributed by atoms with Gasteiger partial charge in [-0.2, -0.15) is 0 Å². The van der Waals surface area contributed by atoms with E-state index < -0.39 is 5.97 Å². The number of halogens is 1. The number of benzene rings is 1. The van der Waals surface area contributed by atoms with Crippen molar-refractivity contribution >= 4 is 40.6 Å². The van der Waals surface area contributed by atoms with E-state index in [4.69, 9.17) is 33.3 Å². The van der Waals surface area contributed by atoms with Crippen LogP contribution in [0.2, 0.25) is 5.02 Å². The smallest absolute Gasteiger partial charge is 0.339 e. The normalized spacial score (nSPS) is 17.1. The van der Waals surface area contributed by atoms with Gasteiger partial charge in [0, 0.05) is 18.8 Å². The second kappa shape index (κ2) is 8.31. The molecule has 1 aliphatic heterocycles. The largest absolute Gasteiger partial charge is 0.462 e. The number of carbonyl (C=O) groups excluding carboxylic acids is 1. The molecular weight excluding hydrogens is 324 g/mol. The zero-order valence-corrected chi connectivity index (χ0v) is 13.9. The van der Waals surface area contributed by atoms with E-state index in [1.54, 1.807) is 25.1 Å². The molecule has 2 N–H and O–H groups in total. The molecule has 0 aliphatic carbocycles. The Morgan fingerprint density at radius 1 is 1.55 bits per heavy atom. The fraction of sp³-hybridized carbons (Fsp3) is 0.467. The molecule has 0 bridgehead atoms. The summed E-state index contributed by atoms with van der Waals surface area (Å²) in [5.41, 5.74) is 0.993. The van der Waals surface area contributed by atoms with Gasteiger partial charge < -0.3 is 20.1 Å². The second-order valence-corrected chi connectivity index (χ2v) is 5.70. The first-order chi connectivity index (χ1) is 10.6. The Morgan fingerprint density at radius 2 is 2.36 bits per heavy atom. The number of rotatable bonds is 5. The van der Waals surface area contributed by atoms with Gasteiger partial charge in [-0.05, 0) is 50.2 Å². The SMILES string of the molecule is CCOC(=O)c1cc(NC(=S)NC[C@H]2CCCO2)ccc1Cl. The monoisotopic (exact) mass is 342 g/mol. The van der Waals surface area contributed by atoms with Gasteiger partial charge in [-0.15, -0.1) is 0 Å². The van der Waals surface area contributed by atoms with E-state index in [-0.39, 0.29) is 6.10 Å². The molecule has 1 aliphatic rings. The lowest BCUT2D eigenvalue weighted by Gasteiger charge is -2.14. The van der Waals surface area contributed by atoms with Crippen molar-refractivity contribution in [1.29, 1.82) is 0 Å². The molecule has 22 heavy (non-hydrogen) atoms. The Bertz CT molecular complexity index is 548. The molecule has 1 fully saturated rings. The van der Waals surface area contributed by atoms with Crippen molar-refractivity contribution in [2.45, 2.75) is 25.9 Å². The Labute approximate surface area is 140 Å². The lowest BCUT2D eigenvalue weighted by molar-refractivity contribution is 0.0526. The van der Waals surface area contributed by atoms with Crippen LogP contribution in [0.1, 0.15) is 30.1 Å². The van der Waals surface area contributed by atoms with E-state index in [0.29, 0.717) is 34.5 Å². The Kier molecular flexibility index (Phi) is 6.42. The third-order valence-electron chi connectivity index (χ3n) is 3.23. The maximum atomic E-state index is 11.8. The fourth-order valence-electron chi connectivity index (χ4n) is 2.16. The topological polar surface area (TPSA) is 59.6 Å². The molecule has 5 nitrogen and oxygen atoms in total.